The molecule has 5 heteroatoms. The van der Waals surface area contributed by atoms with Gasteiger partial charge in [-0.3, -0.25) is 9.69 Å². The van der Waals surface area contributed by atoms with Crippen molar-refractivity contribution in [3.05, 3.63) is 33.8 Å². The van der Waals surface area contributed by atoms with E-state index in [-0.39, 0.29) is 22.8 Å². The molecule has 0 saturated carbocycles. The number of nitrogens with zero attached hydrogens (tertiary/aromatic N) is 1. The number of benzene rings is 1. The largest absolute Gasteiger partial charge is 0.351 e. The maximum absolute atomic E-state index is 12.7. The van der Waals surface area contributed by atoms with Crippen molar-refractivity contribution in [1.82, 2.24) is 10.2 Å². The number of nitrogens with one attached hydrogen (secondary N) is 1. The summed E-state index contributed by atoms with van der Waals surface area (Å²) in [5, 5.41) is 4.64. The highest BCUT2D eigenvalue weighted by atomic mass is 35.5. The van der Waals surface area contributed by atoms with E-state index in [1.807, 2.05) is 12.1 Å². The van der Waals surface area contributed by atoms with Crippen LogP contribution in [0.2, 0.25) is 10.0 Å². The minimum Gasteiger partial charge on any atom is -0.351 e. The molecule has 1 N–H and O–H groups in total. The van der Waals surface area contributed by atoms with E-state index in [9.17, 15) is 4.79 Å². The number of likely N-dealkylation sites (tertiary alicyclic amines) is 1. The number of carbonyl (C=O) groups is 1. The summed E-state index contributed by atoms with van der Waals surface area (Å²) in [6, 6.07) is 5.65. The molecular formula is C21H32Cl2N2O. The van der Waals surface area contributed by atoms with E-state index < -0.39 is 0 Å². The molecule has 146 valence electrons. The van der Waals surface area contributed by atoms with E-state index in [4.69, 9.17) is 23.2 Å². The second-order valence-electron chi connectivity index (χ2n) is 9.40. The van der Waals surface area contributed by atoms with E-state index in [0.717, 1.165) is 44.5 Å². The molecule has 1 aromatic carbocycles. The lowest BCUT2D eigenvalue weighted by atomic mass is 9.81. The lowest BCUT2D eigenvalue weighted by Crippen LogP contribution is -2.49. The van der Waals surface area contributed by atoms with Gasteiger partial charge < -0.3 is 5.32 Å². The van der Waals surface area contributed by atoms with Gasteiger partial charge in [0, 0.05) is 28.0 Å². The Balaban J connectivity index is 1.84. The fourth-order valence-electron chi connectivity index (χ4n) is 4.05. The lowest BCUT2D eigenvalue weighted by Gasteiger charge is -2.36. The Morgan fingerprint density at radius 3 is 2.31 bits per heavy atom. The molecule has 1 aliphatic heterocycles. The number of amides is 1. The Bertz CT molecular complexity index is 629. The summed E-state index contributed by atoms with van der Waals surface area (Å²) in [6.07, 6.45) is 2.74. The van der Waals surface area contributed by atoms with Gasteiger partial charge in [-0.15, -0.1) is 0 Å². The molecule has 1 fully saturated rings. The zero-order chi connectivity index (χ0) is 19.5. The zero-order valence-electron chi connectivity index (χ0n) is 16.7. The van der Waals surface area contributed by atoms with Crippen LogP contribution in [-0.2, 0) is 11.3 Å². The van der Waals surface area contributed by atoms with Crippen molar-refractivity contribution >= 4 is 29.1 Å². The first kappa shape index (κ1) is 21.5. The van der Waals surface area contributed by atoms with E-state index in [1.165, 1.54) is 0 Å². The van der Waals surface area contributed by atoms with Crippen molar-refractivity contribution in [1.29, 1.82) is 0 Å². The van der Waals surface area contributed by atoms with Crippen LogP contribution in [0, 0.1) is 11.3 Å². The SMILES string of the molecule is CC(C)(C)CC(C)(C)NC(=O)C1CCN(Cc2ccc(Cl)cc2Cl)CC1. The van der Waals surface area contributed by atoms with Crippen LogP contribution in [0.1, 0.15) is 59.4 Å². The van der Waals surface area contributed by atoms with Crippen LogP contribution < -0.4 is 5.32 Å². The number of rotatable bonds is 5. The predicted octanol–water partition coefficient (Wildman–Crippen LogP) is 5.54. The van der Waals surface area contributed by atoms with Crippen molar-refractivity contribution in [2.75, 3.05) is 13.1 Å². The van der Waals surface area contributed by atoms with Gasteiger partial charge in [-0.1, -0.05) is 50.0 Å². The van der Waals surface area contributed by atoms with Crippen LogP contribution >= 0.6 is 23.2 Å². The standard InChI is InChI=1S/C21H32Cl2N2O/c1-20(2,3)14-21(4,5)24-19(26)15-8-10-25(11-9-15)13-16-6-7-17(22)12-18(16)23/h6-7,12,15H,8-11,13-14H2,1-5H3,(H,24,26). The van der Waals surface area contributed by atoms with E-state index in [2.05, 4.69) is 44.8 Å². The van der Waals surface area contributed by atoms with Gasteiger partial charge in [-0.2, -0.15) is 0 Å². The molecule has 1 saturated heterocycles. The molecule has 0 spiro atoms. The number of hydrogen-bond donors (Lipinski definition) is 1. The number of piperidine rings is 1. The fraction of sp³-hybridized carbons (Fsp3) is 0.667. The third kappa shape index (κ3) is 6.75. The molecule has 0 unspecified atom stereocenters. The minimum absolute atomic E-state index is 0.103. The highest BCUT2D eigenvalue weighted by molar-refractivity contribution is 6.35. The van der Waals surface area contributed by atoms with Crippen LogP contribution in [0.4, 0.5) is 0 Å². The summed E-state index contributed by atoms with van der Waals surface area (Å²) in [5.74, 6) is 0.301. The molecule has 1 aromatic rings. The normalized spacial score (nSPS) is 17.3. The number of halogens is 2. The molecule has 0 atom stereocenters. The molecule has 0 aromatic heterocycles. The lowest BCUT2D eigenvalue weighted by molar-refractivity contribution is -0.128. The molecule has 0 radical (unpaired) electrons. The topological polar surface area (TPSA) is 32.3 Å². The predicted molar refractivity (Wildman–Crippen MR) is 111 cm³/mol. The second kappa shape index (κ2) is 8.50. The fourth-order valence-corrected chi connectivity index (χ4v) is 4.52. The van der Waals surface area contributed by atoms with Crippen molar-refractivity contribution in [3.8, 4) is 0 Å². The Morgan fingerprint density at radius 1 is 1.15 bits per heavy atom. The monoisotopic (exact) mass is 398 g/mol. The average molecular weight is 399 g/mol. The molecule has 3 nitrogen and oxygen atoms in total. The van der Waals surface area contributed by atoms with Gasteiger partial charge in [0.1, 0.15) is 0 Å². The summed E-state index contributed by atoms with van der Waals surface area (Å²) in [4.78, 5) is 15.1. The quantitative estimate of drug-likeness (QED) is 0.705. The van der Waals surface area contributed by atoms with Gasteiger partial charge in [0.05, 0.1) is 0 Å². The Morgan fingerprint density at radius 2 is 1.77 bits per heavy atom. The summed E-state index contributed by atoms with van der Waals surface area (Å²) >= 11 is 12.2. The molecule has 26 heavy (non-hydrogen) atoms. The first-order valence-electron chi connectivity index (χ1n) is 9.43. The highest BCUT2D eigenvalue weighted by Gasteiger charge is 2.31. The summed E-state index contributed by atoms with van der Waals surface area (Å²) in [6.45, 7) is 13.5. The van der Waals surface area contributed by atoms with Crippen LogP contribution in [0.3, 0.4) is 0 Å². The molecule has 1 heterocycles. The molecule has 0 bridgehead atoms. The van der Waals surface area contributed by atoms with Gasteiger partial charge in [-0.05, 0) is 69.3 Å². The second-order valence-corrected chi connectivity index (χ2v) is 10.2. The van der Waals surface area contributed by atoms with Crippen LogP contribution in [0.5, 0.6) is 0 Å². The Kier molecular flexibility index (Phi) is 7.04. The third-order valence-corrected chi connectivity index (χ3v) is 5.39. The maximum atomic E-state index is 12.7. The van der Waals surface area contributed by atoms with Crippen LogP contribution in [0.25, 0.3) is 0 Å². The van der Waals surface area contributed by atoms with Gasteiger partial charge in [0.25, 0.3) is 0 Å². The van der Waals surface area contributed by atoms with Crippen molar-refractivity contribution in [2.24, 2.45) is 11.3 Å². The first-order chi connectivity index (χ1) is 12.0. The first-order valence-corrected chi connectivity index (χ1v) is 10.2. The zero-order valence-corrected chi connectivity index (χ0v) is 18.2. The van der Waals surface area contributed by atoms with Crippen molar-refractivity contribution in [3.63, 3.8) is 0 Å². The molecule has 1 amide bonds. The van der Waals surface area contributed by atoms with Crippen LogP contribution in [-0.4, -0.2) is 29.4 Å². The van der Waals surface area contributed by atoms with Crippen molar-refractivity contribution < 1.29 is 4.79 Å². The molecule has 0 aliphatic carbocycles. The Labute approximate surface area is 168 Å². The molecular weight excluding hydrogens is 367 g/mol. The molecule has 2 rings (SSSR count). The summed E-state index contributed by atoms with van der Waals surface area (Å²) < 4.78 is 0. The highest BCUT2D eigenvalue weighted by Crippen LogP contribution is 2.28. The molecule has 1 aliphatic rings. The maximum Gasteiger partial charge on any atom is 0.223 e. The Hall–Kier alpha value is -0.770. The minimum atomic E-state index is -0.177. The summed E-state index contributed by atoms with van der Waals surface area (Å²) in [7, 11) is 0. The van der Waals surface area contributed by atoms with E-state index >= 15 is 0 Å². The number of hydrogen-bond acceptors (Lipinski definition) is 2. The smallest absolute Gasteiger partial charge is 0.223 e. The van der Waals surface area contributed by atoms with Gasteiger partial charge in [0.2, 0.25) is 5.91 Å². The van der Waals surface area contributed by atoms with Gasteiger partial charge >= 0.3 is 0 Å². The van der Waals surface area contributed by atoms with Crippen molar-refractivity contribution in [2.45, 2.75) is 66.0 Å². The van der Waals surface area contributed by atoms with E-state index in [0.29, 0.717) is 10.0 Å². The van der Waals surface area contributed by atoms with Crippen LogP contribution in [0.15, 0.2) is 18.2 Å². The van der Waals surface area contributed by atoms with Gasteiger partial charge in [-0.25, -0.2) is 0 Å². The average Bonchev–Trinajstić information content (AvgIpc) is 2.47. The third-order valence-electron chi connectivity index (χ3n) is 4.80. The van der Waals surface area contributed by atoms with Gasteiger partial charge in [0.15, 0.2) is 0 Å². The number of carbonyl (C=O) groups excluding carboxylic acids is 1. The van der Waals surface area contributed by atoms with E-state index in [1.54, 1.807) is 6.07 Å². The summed E-state index contributed by atoms with van der Waals surface area (Å²) in [5.41, 5.74) is 1.10.